The standard InChI is InChI=1S/C21H29F4NO4/c1-20(2,3)30-17-11-26-7-5-12-13(14(26)10-15(17)27)9-16(28-4)19(18(12)22)29-8-6-21(23,24)25/h9,14-15,17,27H,5-8,10-11H2,1-4H3/t14-,15-,17-/m1/s1. The van der Waals surface area contributed by atoms with Crippen LogP contribution in [0.15, 0.2) is 6.07 Å². The Morgan fingerprint density at radius 3 is 2.53 bits per heavy atom. The van der Waals surface area contributed by atoms with Crippen molar-refractivity contribution < 1.29 is 36.9 Å². The van der Waals surface area contributed by atoms with Gasteiger partial charge in [0.05, 0.1) is 37.9 Å². The van der Waals surface area contributed by atoms with Crippen LogP contribution in [-0.2, 0) is 11.2 Å². The molecule has 1 aromatic carbocycles. The average Bonchev–Trinajstić information content (AvgIpc) is 2.61. The Kier molecular flexibility index (Phi) is 6.55. The predicted octanol–water partition coefficient (Wildman–Crippen LogP) is 4.01. The molecule has 5 nitrogen and oxygen atoms in total. The van der Waals surface area contributed by atoms with Crippen LogP contribution in [0.1, 0.15) is 50.8 Å². The molecule has 0 saturated carbocycles. The minimum Gasteiger partial charge on any atom is -0.493 e. The van der Waals surface area contributed by atoms with E-state index in [-0.39, 0.29) is 23.6 Å². The number of nitrogens with zero attached hydrogens (tertiary/aromatic N) is 1. The van der Waals surface area contributed by atoms with Gasteiger partial charge in [-0.1, -0.05) is 0 Å². The lowest BCUT2D eigenvalue weighted by Crippen LogP contribution is -2.53. The van der Waals surface area contributed by atoms with Gasteiger partial charge >= 0.3 is 6.18 Å². The largest absolute Gasteiger partial charge is 0.493 e. The third-order valence-electron chi connectivity index (χ3n) is 5.44. The maximum atomic E-state index is 15.2. The summed E-state index contributed by atoms with van der Waals surface area (Å²) in [6.45, 7) is 6.17. The number of aliphatic hydroxyl groups is 1. The number of halogens is 4. The first-order valence-electron chi connectivity index (χ1n) is 10.1. The van der Waals surface area contributed by atoms with E-state index in [9.17, 15) is 18.3 Å². The fourth-order valence-electron chi connectivity index (χ4n) is 4.18. The minimum atomic E-state index is -4.39. The quantitative estimate of drug-likeness (QED) is 0.709. The predicted molar refractivity (Wildman–Crippen MR) is 102 cm³/mol. The van der Waals surface area contributed by atoms with Crippen LogP contribution in [0.4, 0.5) is 17.6 Å². The molecule has 1 N–H and O–H groups in total. The second kappa shape index (κ2) is 8.51. The smallest absolute Gasteiger partial charge is 0.392 e. The number of hydrogen-bond acceptors (Lipinski definition) is 5. The molecule has 170 valence electrons. The molecule has 0 aromatic heterocycles. The van der Waals surface area contributed by atoms with Crippen molar-refractivity contribution in [2.75, 3.05) is 26.8 Å². The summed E-state index contributed by atoms with van der Waals surface area (Å²) >= 11 is 0. The van der Waals surface area contributed by atoms with Crippen LogP contribution in [0, 0.1) is 5.82 Å². The van der Waals surface area contributed by atoms with Gasteiger partial charge in [-0.2, -0.15) is 13.2 Å². The normalized spacial score (nSPS) is 24.9. The van der Waals surface area contributed by atoms with Crippen LogP contribution in [0.25, 0.3) is 0 Å². The van der Waals surface area contributed by atoms with Gasteiger partial charge < -0.3 is 19.3 Å². The van der Waals surface area contributed by atoms with Crippen LogP contribution in [0.2, 0.25) is 0 Å². The number of piperidine rings is 1. The lowest BCUT2D eigenvalue weighted by molar-refractivity contribution is -0.149. The van der Waals surface area contributed by atoms with Gasteiger partial charge in [-0.05, 0) is 50.8 Å². The van der Waals surface area contributed by atoms with E-state index < -0.39 is 36.7 Å². The number of benzene rings is 1. The van der Waals surface area contributed by atoms with Crippen molar-refractivity contribution in [3.8, 4) is 11.5 Å². The van der Waals surface area contributed by atoms with E-state index >= 15 is 4.39 Å². The number of aliphatic hydroxyl groups excluding tert-OH is 1. The molecule has 2 heterocycles. The summed E-state index contributed by atoms with van der Waals surface area (Å²) in [5.41, 5.74) is 0.679. The van der Waals surface area contributed by atoms with Crippen molar-refractivity contribution in [1.29, 1.82) is 0 Å². The van der Waals surface area contributed by atoms with Crippen LogP contribution in [-0.4, -0.2) is 60.8 Å². The van der Waals surface area contributed by atoms with E-state index in [0.29, 0.717) is 37.1 Å². The monoisotopic (exact) mass is 435 g/mol. The molecule has 1 saturated heterocycles. The molecule has 30 heavy (non-hydrogen) atoms. The first kappa shape index (κ1) is 23.1. The molecule has 0 unspecified atom stereocenters. The van der Waals surface area contributed by atoms with E-state index in [0.717, 1.165) is 0 Å². The fraction of sp³-hybridized carbons (Fsp3) is 0.714. The summed E-state index contributed by atoms with van der Waals surface area (Å²) in [5.74, 6) is -0.925. The Bertz CT molecular complexity index is 763. The highest BCUT2D eigenvalue weighted by Crippen LogP contribution is 2.44. The van der Waals surface area contributed by atoms with Crippen molar-refractivity contribution in [2.24, 2.45) is 0 Å². The zero-order valence-electron chi connectivity index (χ0n) is 17.7. The van der Waals surface area contributed by atoms with Crippen molar-refractivity contribution in [3.63, 3.8) is 0 Å². The Hall–Kier alpha value is -1.58. The maximum absolute atomic E-state index is 15.2. The zero-order valence-corrected chi connectivity index (χ0v) is 17.7. The van der Waals surface area contributed by atoms with Crippen LogP contribution in [0.3, 0.4) is 0 Å². The number of methoxy groups -OCH3 is 1. The van der Waals surface area contributed by atoms with Crippen molar-refractivity contribution in [2.45, 2.75) is 70.1 Å². The second-order valence-electron chi connectivity index (χ2n) is 8.84. The summed E-state index contributed by atoms with van der Waals surface area (Å²) in [4.78, 5) is 2.15. The van der Waals surface area contributed by atoms with E-state index in [1.807, 2.05) is 20.8 Å². The third kappa shape index (κ3) is 5.18. The molecule has 1 fully saturated rings. The van der Waals surface area contributed by atoms with Crippen LogP contribution in [0.5, 0.6) is 11.5 Å². The van der Waals surface area contributed by atoms with E-state index in [4.69, 9.17) is 14.2 Å². The van der Waals surface area contributed by atoms with Gasteiger partial charge in [-0.3, -0.25) is 4.90 Å². The Balaban J connectivity index is 1.84. The van der Waals surface area contributed by atoms with Crippen molar-refractivity contribution >= 4 is 0 Å². The molecule has 2 aliphatic rings. The number of alkyl halides is 3. The Labute approximate surface area is 173 Å². The molecule has 9 heteroatoms. The van der Waals surface area contributed by atoms with Gasteiger partial charge in [0.2, 0.25) is 0 Å². The maximum Gasteiger partial charge on any atom is 0.392 e. The topological polar surface area (TPSA) is 51.2 Å². The Morgan fingerprint density at radius 1 is 1.23 bits per heavy atom. The lowest BCUT2D eigenvalue weighted by atomic mass is 9.84. The van der Waals surface area contributed by atoms with Crippen molar-refractivity contribution in [1.82, 2.24) is 4.90 Å². The highest BCUT2D eigenvalue weighted by atomic mass is 19.4. The first-order chi connectivity index (χ1) is 13.9. The SMILES string of the molecule is COc1cc2c(c(F)c1OCCC(F)(F)F)CCN1C[C@@H](OC(C)(C)C)[C@H](O)C[C@H]21. The average molecular weight is 435 g/mol. The summed E-state index contributed by atoms with van der Waals surface area (Å²) in [6, 6.07) is 1.40. The van der Waals surface area contributed by atoms with Gasteiger partial charge in [0, 0.05) is 19.1 Å². The van der Waals surface area contributed by atoms with E-state index in [1.165, 1.54) is 7.11 Å². The highest BCUT2D eigenvalue weighted by molar-refractivity contribution is 5.51. The molecule has 1 aromatic rings. The molecular weight excluding hydrogens is 406 g/mol. The highest BCUT2D eigenvalue weighted by Gasteiger charge is 2.41. The molecule has 0 aliphatic carbocycles. The summed E-state index contributed by atoms with van der Waals surface area (Å²) in [7, 11) is 1.32. The molecule has 0 radical (unpaired) electrons. The molecule has 0 amide bonds. The zero-order chi connectivity index (χ0) is 22.3. The van der Waals surface area contributed by atoms with Crippen LogP contribution >= 0.6 is 0 Å². The number of ether oxygens (including phenoxy) is 3. The Morgan fingerprint density at radius 2 is 1.93 bits per heavy atom. The lowest BCUT2D eigenvalue weighted by Gasteiger charge is -2.46. The molecule has 3 atom stereocenters. The van der Waals surface area contributed by atoms with E-state index in [2.05, 4.69) is 4.90 Å². The van der Waals surface area contributed by atoms with Gasteiger partial charge in [-0.15, -0.1) is 0 Å². The number of fused-ring (bicyclic) bond motifs is 3. The fourth-order valence-corrected chi connectivity index (χ4v) is 4.18. The minimum absolute atomic E-state index is 0.0535. The molecule has 2 aliphatic heterocycles. The van der Waals surface area contributed by atoms with Gasteiger partial charge in [-0.25, -0.2) is 4.39 Å². The molecule has 0 bridgehead atoms. The number of rotatable bonds is 5. The van der Waals surface area contributed by atoms with Gasteiger partial charge in [0.25, 0.3) is 0 Å². The summed E-state index contributed by atoms with van der Waals surface area (Å²) < 4.78 is 68.8. The van der Waals surface area contributed by atoms with Gasteiger partial charge in [0.15, 0.2) is 17.3 Å². The molecular formula is C21H29F4NO4. The van der Waals surface area contributed by atoms with Gasteiger partial charge in [0.1, 0.15) is 0 Å². The summed E-state index contributed by atoms with van der Waals surface area (Å²) in [6.07, 6.45) is -5.87. The number of hydrogen-bond donors (Lipinski definition) is 1. The molecule has 0 spiro atoms. The van der Waals surface area contributed by atoms with Crippen LogP contribution < -0.4 is 9.47 Å². The second-order valence-corrected chi connectivity index (χ2v) is 8.84. The summed E-state index contributed by atoms with van der Waals surface area (Å²) in [5, 5.41) is 10.6. The van der Waals surface area contributed by atoms with Crippen molar-refractivity contribution in [3.05, 3.63) is 23.0 Å². The third-order valence-corrected chi connectivity index (χ3v) is 5.44. The molecule has 3 rings (SSSR count). The van der Waals surface area contributed by atoms with E-state index in [1.54, 1.807) is 6.07 Å². The first-order valence-corrected chi connectivity index (χ1v) is 10.1.